The van der Waals surface area contributed by atoms with Gasteiger partial charge in [0.2, 0.25) is 0 Å². The fourth-order valence-corrected chi connectivity index (χ4v) is 6.60. The third-order valence-electron chi connectivity index (χ3n) is 8.51. The number of rotatable bonds is 7. The molecular weight excluding hydrogens is 486 g/mol. The molecule has 7 heteroatoms. The van der Waals surface area contributed by atoms with Crippen molar-refractivity contribution in [1.82, 2.24) is 10.2 Å². The Labute approximate surface area is 226 Å². The fraction of sp³-hybridized carbons (Fsp3) is 0.567. The molecule has 2 aromatic carbocycles. The highest BCUT2D eigenvalue weighted by molar-refractivity contribution is 6.30. The number of hydrogen-bond donors (Lipinski definition) is 2. The van der Waals surface area contributed by atoms with Gasteiger partial charge >= 0.3 is 6.03 Å². The molecule has 37 heavy (non-hydrogen) atoms. The van der Waals surface area contributed by atoms with Gasteiger partial charge in [-0.2, -0.15) is 0 Å². The van der Waals surface area contributed by atoms with Crippen LogP contribution in [0.3, 0.4) is 0 Å². The van der Waals surface area contributed by atoms with Crippen LogP contribution in [0.2, 0.25) is 5.02 Å². The summed E-state index contributed by atoms with van der Waals surface area (Å²) >= 11 is 6.02. The van der Waals surface area contributed by atoms with E-state index < -0.39 is 0 Å². The number of nitrogens with one attached hydrogen (secondary N) is 2. The first-order valence-corrected chi connectivity index (χ1v) is 14.2. The number of likely N-dealkylation sites (tertiary alicyclic amines) is 1. The van der Waals surface area contributed by atoms with Crippen LogP contribution in [0.15, 0.2) is 48.5 Å². The SMILES string of the molecule is COCC(C)C1C[C@H]2CC(Oc3ccc(NC(=O)N4CCC(c5ccc(Cl)cc5)CC4)cc3)C[C@@H](C1)N2. The van der Waals surface area contributed by atoms with Gasteiger partial charge in [-0.25, -0.2) is 4.79 Å². The molecule has 0 radical (unpaired) electrons. The van der Waals surface area contributed by atoms with Gasteiger partial charge < -0.3 is 25.0 Å². The fourth-order valence-electron chi connectivity index (χ4n) is 6.48. The number of halogens is 1. The Bertz CT molecular complexity index is 1010. The molecule has 3 unspecified atom stereocenters. The van der Waals surface area contributed by atoms with Crippen LogP contribution in [0, 0.1) is 11.8 Å². The second-order valence-electron chi connectivity index (χ2n) is 11.2. The summed E-state index contributed by atoms with van der Waals surface area (Å²) in [6, 6.07) is 16.9. The molecule has 3 aliphatic rings. The van der Waals surface area contributed by atoms with Gasteiger partial charge in [0, 0.05) is 49.6 Å². The number of nitrogens with zero attached hydrogens (tertiary/aromatic N) is 1. The quantitative estimate of drug-likeness (QED) is 0.444. The first-order valence-electron chi connectivity index (χ1n) is 13.8. The topological polar surface area (TPSA) is 62.8 Å². The predicted molar refractivity (Wildman–Crippen MR) is 149 cm³/mol. The molecule has 0 spiro atoms. The molecule has 6 nitrogen and oxygen atoms in total. The van der Waals surface area contributed by atoms with Crippen molar-refractivity contribution in [3.8, 4) is 5.75 Å². The summed E-state index contributed by atoms with van der Waals surface area (Å²) < 4.78 is 11.8. The number of piperidine rings is 3. The van der Waals surface area contributed by atoms with Crippen LogP contribution in [-0.2, 0) is 4.74 Å². The zero-order valence-electron chi connectivity index (χ0n) is 22.0. The third kappa shape index (κ3) is 6.78. The first-order chi connectivity index (χ1) is 18.0. The first kappa shape index (κ1) is 26.3. The summed E-state index contributed by atoms with van der Waals surface area (Å²) in [6.45, 7) is 4.66. The molecule has 2 N–H and O–H groups in total. The normalized spacial score (nSPS) is 26.9. The summed E-state index contributed by atoms with van der Waals surface area (Å²) in [4.78, 5) is 14.7. The smallest absolute Gasteiger partial charge is 0.321 e. The van der Waals surface area contributed by atoms with Gasteiger partial charge in [-0.05, 0) is 98.2 Å². The Balaban J connectivity index is 1.07. The van der Waals surface area contributed by atoms with E-state index in [1.165, 1.54) is 18.4 Å². The minimum Gasteiger partial charge on any atom is -0.490 e. The van der Waals surface area contributed by atoms with E-state index in [2.05, 4.69) is 29.7 Å². The number of hydrogen-bond acceptors (Lipinski definition) is 4. The molecule has 5 rings (SSSR count). The van der Waals surface area contributed by atoms with Crippen molar-refractivity contribution < 1.29 is 14.3 Å². The number of anilines is 1. The van der Waals surface area contributed by atoms with Crippen molar-refractivity contribution in [1.29, 1.82) is 0 Å². The van der Waals surface area contributed by atoms with E-state index in [1.807, 2.05) is 41.3 Å². The Morgan fingerprint density at radius 1 is 1.03 bits per heavy atom. The van der Waals surface area contributed by atoms with Crippen LogP contribution in [0.1, 0.15) is 56.9 Å². The van der Waals surface area contributed by atoms with Gasteiger partial charge in [0.25, 0.3) is 0 Å². The Kier molecular flexibility index (Phi) is 8.58. The monoisotopic (exact) mass is 525 g/mol. The Hall–Kier alpha value is -2.28. The van der Waals surface area contributed by atoms with E-state index >= 15 is 0 Å². The van der Waals surface area contributed by atoms with Gasteiger partial charge in [-0.3, -0.25) is 0 Å². The molecule has 0 saturated carbocycles. The van der Waals surface area contributed by atoms with Gasteiger partial charge in [-0.15, -0.1) is 0 Å². The Morgan fingerprint density at radius 2 is 1.68 bits per heavy atom. The number of carbonyl (C=O) groups excluding carboxylic acids is 1. The minimum atomic E-state index is -0.0355. The summed E-state index contributed by atoms with van der Waals surface area (Å²) in [7, 11) is 1.80. The van der Waals surface area contributed by atoms with Crippen molar-refractivity contribution >= 4 is 23.3 Å². The molecule has 3 heterocycles. The summed E-state index contributed by atoms with van der Waals surface area (Å²) in [5.74, 6) is 2.68. The molecule has 5 atom stereocenters. The molecule has 2 aromatic rings. The lowest BCUT2D eigenvalue weighted by Crippen LogP contribution is -2.54. The number of amides is 2. The van der Waals surface area contributed by atoms with Crippen LogP contribution in [0.25, 0.3) is 0 Å². The van der Waals surface area contributed by atoms with Crippen LogP contribution in [0.4, 0.5) is 10.5 Å². The molecule has 2 bridgehead atoms. The van der Waals surface area contributed by atoms with E-state index in [-0.39, 0.29) is 12.1 Å². The lowest BCUT2D eigenvalue weighted by atomic mass is 9.74. The van der Waals surface area contributed by atoms with Gasteiger partial charge in [-0.1, -0.05) is 30.7 Å². The molecule has 2 amide bonds. The average molecular weight is 526 g/mol. The molecule has 200 valence electrons. The van der Waals surface area contributed by atoms with E-state index in [1.54, 1.807) is 7.11 Å². The molecule has 0 aliphatic carbocycles. The van der Waals surface area contributed by atoms with Gasteiger partial charge in [0.1, 0.15) is 11.9 Å². The maximum absolute atomic E-state index is 12.8. The second-order valence-corrected chi connectivity index (χ2v) is 11.6. The zero-order chi connectivity index (χ0) is 25.8. The highest BCUT2D eigenvalue weighted by Gasteiger charge is 2.38. The van der Waals surface area contributed by atoms with E-state index in [4.69, 9.17) is 21.1 Å². The summed E-state index contributed by atoms with van der Waals surface area (Å²) in [6.07, 6.45) is 6.63. The zero-order valence-corrected chi connectivity index (χ0v) is 22.8. The third-order valence-corrected chi connectivity index (χ3v) is 8.76. The van der Waals surface area contributed by atoms with Crippen molar-refractivity contribution in [2.75, 3.05) is 32.1 Å². The maximum Gasteiger partial charge on any atom is 0.321 e. The second kappa shape index (κ2) is 12.1. The average Bonchev–Trinajstić information content (AvgIpc) is 2.90. The largest absolute Gasteiger partial charge is 0.490 e. The van der Waals surface area contributed by atoms with E-state index in [0.29, 0.717) is 23.9 Å². The Morgan fingerprint density at radius 3 is 2.30 bits per heavy atom. The number of carbonyl (C=O) groups is 1. The summed E-state index contributed by atoms with van der Waals surface area (Å²) in [5, 5.41) is 7.61. The van der Waals surface area contributed by atoms with E-state index in [0.717, 1.165) is 67.8 Å². The highest BCUT2D eigenvalue weighted by Crippen LogP contribution is 2.36. The molecule has 3 saturated heterocycles. The van der Waals surface area contributed by atoms with Crippen LogP contribution >= 0.6 is 11.6 Å². The number of ether oxygens (including phenoxy) is 2. The predicted octanol–water partition coefficient (Wildman–Crippen LogP) is 6.31. The molecule has 3 aliphatic heterocycles. The van der Waals surface area contributed by atoms with Gasteiger partial charge in [0.05, 0.1) is 0 Å². The van der Waals surface area contributed by atoms with Crippen LogP contribution < -0.4 is 15.4 Å². The minimum absolute atomic E-state index is 0.0355. The lowest BCUT2D eigenvalue weighted by Gasteiger charge is -2.45. The van der Waals surface area contributed by atoms with Crippen LogP contribution in [-0.4, -0.2) is 55.9 Å². The van der Waals surface area contributed by atoms with Crippen molar-refractivity contribution in [2.24, 2.45) is 11.8 Å². The van der Waals surface area contributed by atoms with E-state index in [9.17, 15) is 4.79 Å². The number of methoxy groups -OCH3 is 1. The van der Waals surface area contributed by atoms with Gasteiger partial charge in [0.15, 0.2) is 0 Å². The maximum atomic E-state index is 12.8. The van der Waals surface area contributed by atoms with Crippen molar-refractivity contribution in [3.63, 3.8) is 0 Å². The number of fused-ring (bicyclic) bond motifs is 2. The molecule has 0 aromatic heterocycles. The van der Waals surface area contributed by atoms with Crippen molar-refractivity contribution in [3.05, 3.63) is 59.1 Å². The standard InChI is InChI=1S/C30H40ClN3O3/c1-20(19-36-2)23-15-26-17-29(18-27(16-23)32-26)37-28-9-7-25(8-10-28)33-30(35)34-13-11-22(12-14-34)21-3-5-24(31)6-4-21/h3-10,20,22-23,26-27,29,32H,11-19H2,1-2H3,(H,33,35)/t20?,23?,26-,27+,29?. The molecular formula is C30H40ClN3O3. The number of urea groups is 1. The van der Waals surface area contributed by atoms with Crippen LogP contribution in [0.5, 0.6) is 5.75 Å². The molecule has 3 fully saturated rings. The lowest BCUT2D eigenvalue weighted by molar-refractivity contribution is 0.0440. The summed E-state index contributed by atoms with van der Waals surface area (Å²) in [5.41, 5.74) is 2.10. The number of benzene rings is 2. The van der Waals surface area contributed by atoms with Crippen molar-refractivity contribution in [2.45, 2.75) is 69.6 Å². The highest BCUT2D eigenvalue weighted by atomic mass is 35.5.